The fourth-order valence-electron chi connectivity index (χ4n) is 8.06. The van der Waals surface area contributed by atoms with Crippen molar-refractivity contribution in [2.75, 3.05) is 0 Å². The van der Waals surface area contributed by atoms with E-state index < -0.39 is 0 Å². The van der Waals surface area contributed by atoms with E-state index in [1.54, 1.807) is 0 Å². The second kappa shape index (κ2) is 15.1. The minimum atomic E-state index is -0.340. The van der Waals surface area contributed by atoms with Gasteiger partial charge in [-0.3, -0.25) is 4.68 Å². The average Bonchev–Trinajstić information content (AvgIpc) is 3.62. The molecule has 0 spiro atoms. The number of nitrogens with zero attached hydrogens (tertiary/aromatic N) is 4. The molecule has 0 fully saturated rings. The van der Waals surface area contributed by atoms with Crippen LogP contribution in [-0.4, -0.2) is 19.3 Å². The van der Waals surface area contributed by atoms with Gasteiger partial charge in [0.05, 0.1) is 5.69 Å². The number of allylic oxidation sites excluding steroid dienone is 2. The Bertz CT molecular complexity index is 2180. The van der Waals surface area contributed by atoms with Crippen LogP contribution in [0, 0.1) is 29.8 Å². The third-order valence-electron chi connectivity index (χ3n) is 10.1. The summed E-state index contributed by atoms with van der Waals surface area (Å²) in [5.41, 5.74) is 9.07. The van der Waals surface area contributed by atoms with Crippen LogP contribution in [-0.2, 0) is 40.3 Å². The molecule has 6 aromatic rings. The van der Waals surface area contributed by atoms with Gasteiger partial charge < -0.3 is 9.30 Å². The van der Waals surface area contributed by atoms with E-state index in [9.17, 15) is 4.39 Å². The fraction of sp³-hybridized carbons (Fsp3) is 0.349. The van der Waals surface area contributed by atoms with Gasteiger partial charge in [-0.05, 0) is 61.2 Å². The Kier molecular flexibility index (Phi) is 10.8. The first-order chi connectivity index (χ1) is 23.8. The first-order valence-corrected chi connectivity index (χ1v) is 17.9. The summed E-state index contributed by atoms with van der Waals surface area (Å²) in [7, 11) is 0. The monoisotopic (exact) mass is 847 g/mol. The van der Waals surface area contributed by atoms with Gasteiger partial charge in [0.15, 0.2) is 0 Å². The molecule has 1 aliphatic rings. The molecule has 5 nitrogen and oxygen atoms in total. The quantitative estimate of drug-likeness (QED) is 0.102. The van der Waals surface area contributed by atoms with Crippen molar-refractivity contribution < 1.29 is 30.2 Å². The molecule has 3 aromatic carbocycles. The van der Waals surface area contributed by atoms with Crippen LogP contribution in [0.2, 0.25) is 0 Å². The van der Waals surface area contributed by atoms with Gasteiger partial charge in [-0.1, -0.05) is 89.2 Å². The summed E-state index contributed by atoms with van der Waals surface area (Å²) >= 11 is 0. The smallest absolute Gasteiger partial charge is 0.509 e. The number of pyridine rings is 1. The molecule has 7 rings (SSSR count). The van der Waals surface area contributed by atoms with Crippen LogP contribution in [0.4, 0.5) is 4.39 Å². The SMILES string of the molecule is CCCCc1cc(Oc2[c-]c3c(cc2)c2ccccc2n3-c2cc(F)ccn2)[c-]c(-n2nc(CC)c(C3C(C)=C[C@H](C)C[C@@H]3C)c2CC)c1.[Pt+2]. The minimum absolute atomic E-state index is 0. The number of para-hydroxylation sites is 1. The molecule has 3 heterocycles. The van der Waals surface area contributed by atoms with Crippen LogP contribution in [0.25, 0.3) is 33.3 Å². The van der Waals surface area contributed by atoms with Crippen LogP contribution < -0.4 is 4.74 Å². The molecule has 1 aliphatic carbocycles. The summed E-state index contributed by atoms with van der Waals surface area (Å²) in [5, 5.41) is 7.31. The third-order valence-corrected chi connectivity index (χ3v) is 10.1. The maximum atomic E-state index is 14.4. The number of unbranched alkanes of at least 4 members (excludes halogenated alkanes) is 1. The molecule has 0 radical (unpaired) electrons. The second-order valence-electron chi connectivity index (χ2n) is 13.7. The number of halogens is 1. The zero-order chi connectivity index (χ0) is 34.2. The molecule has 260 valence electrons. The number of aryl methyl sites for hydroxylation is 2. The molecule has 3 atom stereocenters. The number of fused-ring (bicyclic) bond motifs is 3. The number of ether oxygens (including phenoxy) is 1. The van der Waals surface area contributed by atoms with Crippen molar-refractivity contribution in [2.24, 2.45) is 11.8 Å². The largest absolute Gasteiger partial charge is 2.00 e. The number of hydrogen-bond donors (Lipinski definition) is 0. The van der Waals surface area contributed by atoms with Crippen molar-refractivity contribution in [3.63, 3.8) is 0 Å². The predicted octanol–water partition coefficient (Wildman–Crippen LogP) is 11.1. The van der Waals surface area contributed by atoms with Gasteiger partial charge in [0.1, 0.15) is 11.6 Å². The van der Waals surface area contributed by atoms with Gasteiger partial charge in [-0.2, -0.15) is 16.7 Å². The molecule has 0 aliphatic heterocycles. The molecule has 0 bridgehead atoms. The summed E-state index contributed by atoms with van der Waals surface area (Å²) in [4.78, 5) is 4.50. The Morgan fingerprint density at radius 1 is 0.940 bits per heavy atom. The van der Waals surface area contributed by atoms with Gasteiger partial charge in [0.2, 0.25) is 0 Å². The van der Waals surface area contributed by atoms with Gasteiger partial charge in [0.25, 0.3) is 0 Å². The number of rotatable bonds is 10. The number of hydrogen-bond acceptors (Lipinski definition) is 3. The van der Waals surface area contributed by atoms with Crippen LogP contribution in [0.15, 0.2) is 78.5 Å². The van der Waals surface area contributed by atoms with Gasteiger partial charge >= 0.3 is 21.1 Å². The van der Waals surface area contributed by atoms with E-state index in [-0.39, 0.29) is 26.9 Å². The Balaban J connectivity index is 0.00000432. The van der Waals surface area contributed by atoms with E-state index >= 15 is 0 Å². The zero-order valence-corrected chi connectivity index (χ0v) is 32.1. The summed E-state index contributed by atoms with van der Waals surface area (Å²) < 4.78 is 25.1. The summed E-state index contributed by atoms with van der Waals surface area (Å²) in [6.07, 6.45) is 10.0. The predicted molar refractivity (Wildman–Crippen MR) is 197 cm³/mol. The number of aromatic nitrogens is 4. The van der Waals surface area contributed by atoms with Crippen molar-refractivity contribution in [1.82, 2.24) is 19.3 Å². The molecule has 1 unspecified atom stereocenters. The van der Waals surface area contributed by atoms with Gasteiger partial charge in [0, 0.05) is 46.5 Å². The molecular weight excluding hydrogens is 803 g/mol. The van der Waals surface area contributed by atoms with Crippen molar-refractivity contribution >= 4 is 21.8 Å². The van der Waals surface area contributed by atoms with Gasteiger partial charge in [-0.15, -0.1) is 35.7 Å². The van der Waals surface area contributed by atoms with E-state index in [0.717, 1.165) is 59.6 Å². The average molecular weight is 848 g/mol. The van der Waals surface area contributed by atoms with E-state index in [2.05, 4.69) is 87.6 Å². The molecular formula is C43H45FN4OPt. The van der Waals surface area contributed by atoms with Crippen LogP contribution in [0.3, 0.4) is 0 Å². The molecule has 7 heteroatoms. The van der Waals surface area contributed by atoms with E-state index in [1.165, 1.54) is 52.8 Å². The second-order valence-corrected chi connectivity index (χ2v) is 13.7. The maximum Gasteiger partial charge on any atom is 2.00 e. The van der Waals surface area contributed by atoms with E-state index in [4.69, 9.17) is 9.84 Å². The van der Waals surface area contributed by atoms with Crippen LogP contribution in [0.5, 0.6) is 11.5 Å². The molecule has 0 saturated carbocycles. The van der Waals surface area contributed by atoms with E-state index in [0.29, 0.717) is 35.1 Å². The van der Waals surface area contributed by atoms with Crippen LogP contribution in [0.1, 0.15) is 89.2 Å². The normalized spacial score (nSPS) is 17.6. The molecule has 0 amide bonds. The van der Waals surface area contributed by atoms with Crippen molar-refractivity contribution in [1.29, 1.82) is 0 Å². The first kappa shape index (κ1) is 35.8. The van der Waals surface area contributed by atoms with Crippen molar-refractivity contribution in [3.8, 4) is 23.0 Å². The molecule has 3 aromatic heterocycles. The first-order valence-electron chi connectivity index (χ1n) is 17.9. The standard InChI is InChI=1S/C43H45FN4O.Pt/c1-7-10-13-30-22-32(48-38(9-3)43(37(8-2)46-48)42-28(5)20-27(4)21-29(42)6)25-34(23-30)49-33-16-17-36-35-14-11-12-15-39(35)47(40(36)26-33)41-24-31(44)18-19-45-41;/h11-12,14-20,22-24,27,29,42H,7-10,13,21H2,1-6H3;/q-2;+2/t27-,29-,42?;/m0./s1. The topological polar surface area (TPSA) is 44.9 Å². The Morgan fingerprint density at radius 3 is 2.50 bits per heavy atom. The maximum absolute atomic E-state index is 14.4. The van der Waals surface area contributed by atoms with Crippen molar-refractivity contribution in [2.45, 2.75) is 86.0 Å². The van der Waals surface area contributed by atoms with Gasteiger partial charge in [-0.25, -0.2) is 9.37 Å². The minimum Gasteiger partial charge on any atom is -0.509 e. The molecule has 0 saturated heterocycles. The Labute approximate surface area is 309 Å². The number of benzene rings is 3. The zero-order valence-electron chi connectivity index (χ0n) is 29.8. The van der Waals surface area contributed by atoms with E-state index in [1.807, 2.05) is 34.9 Å². The summed E-state index contributed by atoms with van der Waals surface area (Å²) in [6, 6.07) is 26.3. The fourth-order valence-corrected chi connectivity index (χ4v) is 8.06. The third kappa shape index (κ3) is 6.72. The Hall–Kier alpha value is -4.02. The van der Waals surface area contributed by atoms with Crippen molar-refractivity contribution in [3.05, 3.63) is 119 Å². The molecule has 50 heavy (non-hydrogen) atoms. The summed E-state index contributed by atoms with van der Waals surface area (Å²) in [6.45, 7) is 13.7. The molecule has 0 N–H and O–H groups in total. The Morgan fingerprint density at radius 2 is 1.76 bits per heavy atom. The summed E-state index contributed by atoms with van der Waals surface area (Å²) in [5.74, 6) is 2.86. The van der Waals surface area contributed by atoms with Crippen LogP contribution >= 0.6 is 0 Å².